The lowest BCUT2D eigenvalue weighted by atomic mass is 9.75. The van der Waals surface area contributed by atoms with Gasteiger partial charge in [-0.2, -0.15) is 8.78 Å². The van der Waals surface area contributed by atoms with Gasteiger partial charge in [0.15, 0.2) is 0 Å². The van der Waals surface area contributed by atoms with E-state index in [4.69, 9.17) is 0 Å². The Morgan fingerprint density at radius 2 is 2.19 bits per heavy atom. The molecule has 0 spiro atoms. The monoisotopic (exact) mass is 233 g/mol. The Labute approximate surface area is 93.5 Å². The number of carbonyl (C=O) groups excluding carboxylic acids is 1. The van der Waals surface area contributed by atoms with E-state index < -0.39 is 24.4 Å². The molecule has 0 bridgehead atoms. The van der Waals surface area contributed by atoms with Crippen LogP contribution in [-0.2, 0) is 9.53 Å². The molecule has 92 valence electrons. The molecule has 3 nitrogen and oxygen atoms in total. The van der Waals surface area contributed by atoms with Crippen molar-refractivity contribution in [2.24, 2.45) is 0 Å². The van der Waals surface area contributed by atoms with Gasteiger partial charge in [0.2, 0.25) is 0 Å². The van der Waals surface area contributed by atoms with Crippen molar-refractivity contribution < 1.29 is 18.3 Å². The average Bonchev–Trinajstić information content (AvgIpc) is 2.40. The molecule has 1 aliphatic carbocycles. The van der Waals surface area contributed by atoms with Gasteiger partial charge in [0.1, 0.15) is 6.10 Å². The molecule has 2 rings (SSSR count). The fourth-order valence-corrected chi connectivity index (χ4v) is 2.35. The number of hydrogen-bond acceptors (Lipinski definition) is 3. The van der Waals surface area contributed by atoms with Gasteiger partial charge < -0.3 is 10.1 Å². The standard InChI is InChI=1S/C11H17F2NO2/c1-2-10(4-3-5-10)14-7-8-6-11(12,13)9(15)16-8/h8,14H,2-7H2,1H3. The number of ether oxygens (including phenoxy) is 1. The van der Waals surface area contributed by atoms with E-state index in [2.05, 4.69) is 17.0 Å². The molecule has 0 aromatic heterocycles. The summed E-state index contributed by atoms with van der Waals surface area (Å²) in [5.74, 6) is -4.66. The highest BCUT2D eigenvalue weighted by Crippen LogP contribution is 2.36. The topological polar surface area (TPSA) is 38.3 Å². The van der Waals surface area contributed by atoms with E-state index in [9.17, 15) is 13.6 Å². The minimum atomic E-state index is -3.29. The SMILES string of the molecule is CCC1(NCC2CC(F)(F)C(=O)O2)CCC1. The third-order valence-electron chi connectivity index (χ3n) is 3.75. The summed E-state index contributed by atoms with van der Waals surface area (Å²) >= 11 is 0. The van der Waals surface area contributed by atoms with Crippen molar-refractivity contribution in [2.45, 2.75) is 56.6 Å². The predicted molar refractivity (Wildman–Crippen MR) is 54.3 cm³/mol. The predicted octanol–water partition coefficient (Wildman–Crippen LogP) is 1.86. The van der Waals surface area contributed by atoms with Crippen LogP contribution < -0.4 is 5.32 Å². The Hall–Kier alpha value is -0.710. The molecule has 0 aromatic rings. The van der Waals surface area contributed by atoms with Gasteiger partial charge in [-0.25, -0.2) is 4.79 Å². The van der Waals surface area contributed by atoms with Gasteiger partial charge >= 0.3 is 11.9 Å². The summed E-state index contributed by atoms with van der Waals surface area (Å²) < 4.78 is 30.4. The minimum Gasteiger partial charge on any atom is -0.456 e. The highest BCUT2D eigenvalue weighted by molar-refractivity contribution is 5.79. The van der Waals surface area contributed by atoms with Crippen LogP contribution in [0.2, 0.25) is 0 Å². The van der Waals surface area contributed by atoms with E-state index in [0.29, 0.717) is 6.54 Å². The molecular formula is C11H17F2NO2. The number of nitrogens with one attached hydrogen (secondary N) is 1. The second-order valence-corrected chi connectivity index (χ2v) is 4.80. The van der Waals surface area contributed by atoms with Crippen molar-refractivity contribution in [1.29, 1.82) is 0 Å². The van der Waals surface area contributed by atoms with Gasteiger partial charge in [-0.15, -0.1) is 0 Å². The highest BCUT2D eigenvalue weighted by atomic mass is 19.3. The Kier molecular flexibility index (Phi) is 2.90. The molecule has 1 unspecified atom stereocenters. The molecule has 1 atom stereocenters. The Morgan fingerprint density at radius 1 is 1.50 bits per heavy atom. The Morgan fingerprint density at radius 3 is 2.56 bits per heavy atom. The van der Waals surface area contributed by atoms with Crippen LogP contribution in [0.4, 0.5) is 8.78 Å². The quantitative estimate of drug-likeness (QED) is 0.753. The summed E-state index contributed by atoms with van der Waals surface area (Å²) in [6.07, 6.45) is 3.18. The van der Waals surface area contributed by atoms with Crippen molar-refractivity contribution in [3.8, 4) is 0 Å². The average molecular weight is 233 g/mol. The van der Waals surface area contributed by atoms with Gasteiger partial charge in [0.05, 0.1) is 6.42 Å². The number of esters is 1. The maximum absolute atomic E-state index is 12.9. The Balaban J connectivity index is 1.82. The second-order valence-electron chi connectivity index (χ2n) is 4.80. The lowest BCUT2D eigenvalue weighted by Crippen LogP contribution is -2.52. The van der Waals surface area contributed by atoms with E-state index in [0.717, 1.165) is 19.3 Å². The Bertz CT molecular complexity index is 284. The summed E-state index contributed by atoms with van der Waals surface area (Å²) in [5, 5.41) is 3.27. The fraction of sp³-hybridized carbons (Fsp3) is 0.909. The van der Waals surface area contributed by atoms with Crippen LogP contribution in [0.3, 0.4) is 0 Å². The zero-order valence-electron chi connectivity index (χ0n) is 9.39. The van der Waals surface area contributed by atoms with Crippen LogP contribution in [-0.4, -0.2) is 30.1 Å². The number of halogens is 2. The molecular weight excluding hydrogens is 216 g/mol. The van der Waals surface area contributed by atoms with Crippen molar-refractivity contribution in [3.63, 3.8) is 0 Å². The largest absolute Gasteiger partial charge is 0.456 e. The number of alkyl halides is 2. The van der Waals surface area contributed by atoms with Gasteiger partial charge in [-0.1, -0.05) is 6.92 Å². The summed E-state index contributed by atoms with van der Waals surface area (Å²) in [7, 11) is 0. The minimum absolute atomic E-state index is 0.101. The van der Waals surface area contributed by atoms with Gasteiger partial charge in [-0.3, -0.25) is 0 Å². The van der Waals surface area contributed by atoms with Crippen LogP contribution >= 0.6 is 0 Å². The molecule has 1 saturated carbocycles. The first kappa shape index (κ1) is 11.8. The normalized spacial score (nSPS) is 30.9. The van der Waals surface area contributed by atoms with Crippen LogP contribution in [0, 0.1) is 0 Å². The first-order valence-electron chi connectivity index (χ1n) is 5.81. The molecule has 1 saturated heterocycles. The molecule has 1 N–H and O–H groups in total. The number of rotatable bonds is 4. The van der Waals surface area contributed by atoms with E-state index in [-0.39, 0.29) is 5.54 Å². The van der Waals surface area contributed by atoms with Crippen molar-refractivity contribution >= 4 is 5.97 Å². The third-order valence-corrected chi connectivity index (χ3v) is 3.75. The smallest absolute Gasteiger partial charge is 0.377 e. The molecule has 5 heteroatoms. The lowest BCUT2D eigenvalue weighted by Gasteiger charge is -2.42. The summed E-state index contributed by atoms with van der Waals surface area (Å²) in [4.78, 5) is 10.8. The molecule has 0 aromatic carbocycles. The van der Waals surface area contributed by atoms with Gasteiger partial charge in [0.25, 0.3) is 0 Å². The van der Waals surface area contributed by atoms with E-state index in [1.54, 1.807) is 0 Å². The van der Waals surface area contributed by atoms with E-state index >= 15 is 0 Å². The molecule has 2 aliphatic rings. The lowest BCUT2D eigenvalue weighted by molar-refractivity contribution is -0.159. The second kappa shape index (κ2) is 3.95. The van der Waals surface area contributed by atoms with Crippen LogP contribution in [0.25, 0.3) is 0 Å². The molecule has 1 aliphatic heterocycles. The van der Waals surface area contributed by atoms with Gasteiger partial charge in [-0.05, 0) is 25.7 Å². The van der Waals surface area contributed by atoms with Gasteiger partial charge in [0, 0.05) is 12.1 Å². The van der Waals surface area contributed by atoms with Crippen LogP contribution in [0.5, 0.6) is 0 Å². The first-order valence-corrected chi connectivity index (χ1v) is 5.81. The molecule has 16 heavy (non-hydrogen) atoms. The third kappa shape index (κ3) is 2.05. The summed E-state index contributed by atoms with van der Waals surface area (Å²) in [5.41, 5.74) is 0.101. The number of carbonyl (C=O) groups is 1. The number of cyclic esters (lactones) is 1. The summed E-state index contributed by atoms with van der Waals surface area (Å²) in [6, 6.07) is 0. The maximum atomic E-state index is 12.9. The van der Waals surface area contributed by atoms with Crippen molar-refractivity contribution in [3.05, 3.63) is 0 Å². The molecule has 0 amide bonds. The number of hydrogen-bond donors (Lipinski definition) is 1. The zero-order chi connectivity index (χ0) is 11.8. The molecule has 1 heterocycles. The van der Waals surface area contributed by atoms with Crippen molar-refractivity contribution in [1.82, 2.24) is 5.32 Å². The zero-order valence-corrected chi connectivity index (χ0v) is 9.39. The molecule has 0 radical (unpaired) electrons. The first-order chi connectivity index (χ1) is 7.47. The fourth-order valence-electron chi connectivity index (χ4n) is 2.35. The van der Waals surface area contributed by atoms with E-state index in [1.807, 2.05) is 0 Å². The summed E-state index contributed by atoms with van der Waals surface area (Å²) in [6.45, 7) is 2.43. The van der Waals surface area contributed by atoms with Crippen LogP contribution in [0.15, 0.2) is 0 Å². The highest BCUT2D eigenvalue weighted by Gasteiger charge is 2.51. The van der Waals surface area contributed by atoms with E-state index in [1.165, 1.54) is 6.42 Å². The maximum Gasteiger partial charge on any atom is 0.377 e. The molecule has 2 fully saturated rings. The van der Waals surface area contributed by atoms with Crippen molar-refractivity contribution in [2.75, 3.05) is 6.54 Å². The van der Waals surface area contributed by atoms with Crippen LogP contribution in [0.1, 0.15) is 39.0 Å².